The maximum absolute atomic E-state index is 5.36. The van der Waals surface area contributed by atoms with Crippen molar-refractivity contribution in [3.8, 4) is 0 Å². The predicted octanol–water partition coefficient (Wildman–Crippen LogP) is 2.37. The first-order valence-corrected chi connectivity index (χ1v) is 6.12. The fraction of sp³-hybridized carbons (Fsp3) is 0.750. The normalized spacial score (nSPS) is 17.9. The van der Waals surface area contributed by atoms with Crippen LogP contribution in [0.2, 0.25) is 0 Å². The molecule has 0 amide bonds. The monoisotopic (exact) mass is 223 g/mol. The molecule has 0 atom stereocenters. The van der Waals surface area contributed by atoms with Gasteiger partial charge >= 0.3 is 0 Å². The summed E-state index contributed by atoms with van der Waals surface area (Å²) in [5.41, 5.74) is 1.24. The van der Waals surface area contributed by atoms with E-state index in [4.69, 9.17) is 4.74 Å². The van der Waals surface area contributed by atoms with Gasteiger partial charge in [0.25, 0.3) is 0 Å². The third-order valence-electron chi connectivity index (χ3n) is 2.93. The van der Waals surface area contributed by atoms with Crippen molar-refractivity contribution in [3.05, 3.63) is 11.9 Å². The highest BCUT2D eigenvalue weighted by molar-refractivity contribution is 5.27. The van der Waals surface area contributed by atoms with Crippen molar-refractivity contribution in [2.24, 2.45) is 5.92 Å². The maximum Gasteiger partial charge on any atom is 0.200 e. The van der Waals surface area contributed by atoms with E-state index >= 15 is 0 Å². The number of nitrogens with one attached hydrogen (secondary N) is 2. The minimum absolute atomic E-state index is 0.593. The topological polar surface area (TPSA) is 49.9 Å². The molecule has 1 fully saturated rings. The summed E-state index contributed by atoms with van der Waals surface area (Å²) in [4.78, 5) is 7.72. The number of H-pyrrole nitrogens is 1. The Morgan fingerprint density at radius 3 is 2.94 bits per heavy atom. The van der Waals surface area contributed by atoms with E-state index in [2.05, 4.69) is 29.1 Å². The number of nitrogens with zero attached hydrogens (tertiary/aromatic N) is 1. The second-order valence-electron chi connectivity index (χ2n) is 4.85. The summed E-state index contributed by atoms with van der Waals surface area (Å²) in [6.07, 6.45) is 4.16. The number of imidazole rings is 1. The van der Waals surface area contributed by atoms with Crippen molar-refractivity contribution in [1.29, 1.82) is 0 Å². The number of aromatic amines is 1. The minimum atomic E-state index is 0.593. The summed E-state index contributed by atoms with van der Waals surface area (Å²) in [5.74, 6) is 2.13. The van der Waals surface area contributed by atoms with Gasteiger partial charge in [-0.1, -0.05) is 13.8 Å². The van der Waals surface area contributed by atoms with Crippen molar-refractivity contribution >= 4 is 5.95 Å². The zero-order valence-corrected chi connectivity index (χ0v) is 10.1. The van der Waals surface area contributed by atoms with E-state index in [0.29, 0.717) is 11.8 Å². The lowest BCUT2D eigenvalue weighted by Gasteiger charge is -2.20. The van der Waals surface area contributed by atoms with Gasteiger partial charge < -0.3 is 15.0 Å². The number of anilines is 1. The number of ether oxygens (including phenoxy) is 1. The van der Waals surface area contributed by atoms with Crippen LogP contribution in [0.25, 0.3) is 0 Å². The third-order valence-corrected chi connectivity index (χ3v) is 2.93. The summed E-state index contributed by atoms with van der Waals surface area (Å²) in [7, 11) is 0. The summed E-state index contributed by atoms with van der Waals surface area (Å²) in [5, 5.41) is 3.31. The van der Waals surface area contributed by atoms with Gasteiger partial charge in [0.05, 0.1) is 6.20 Å². The van der Waals surface area contributed by atoms with Crippen LogP contribution in [-0.4, -0.2) is 29.7 Å². The van der Waals surface area contributed by atoms with Gasteiger partial charge in [0.15, 0.2) is 5.95 Å². The first kappa shape index (κ1) is 11.5. The SMILES string of the molecule is CC(C)CNc1ncc(C2CCOCC2)[nH]1. The summed E-state index contributed by atoms with van der Waals surface area (Å²) < 4.78 is 5.36. The molecular formula is C12H21N3O. The standard InChI is InChI=1S/C12H21N3O/c1-9(2)7-13-12-14-8-11(15-12)10-3-5-16-6-4-10/h8-10H,3-7H2,1-2H3,(H2,13,14,15). The van der Waals surface area contributed by atoms with Gasteiger partial charge in [-0.3, -0.25) is 0 Å². The van der Waals surface area contributed by atoms with Gasteiger partial charge in [-0.2, -0.15) is 0 Å². The molecule has 0 unspecified atom stereocenters. The molecule has 0 aliphatic carbocycles. The highest BCUT2D eigenvalue weighted by Crippen LogP contribution is 2.25. The highest BCUT2D eigenvalue weighted by Gasteiger charge is 2.17. The molecule has 16 heavy (non-hydrogen) atoms. The predicted molar refractivity (Wildman–Crippen MR) is 64.7 cm³/mol. The second-order valence-corrected chi connectivity index (χ2v) is 4.85. The van der Waals surface area contributed by atoms with E-state index in [1.165, 1.54) is 5.69 Å². The van der Waals surface area contributed by atoms with Crippen LogP contribution in [-0.2, 0) is 4.74 Å². The van der Waals surface area contributed by atoms with E-state index in [0.717, 1.165) is 38.5 Å². The maximum atomic E-state index is 5.36. The van der Waals surface area contributed by atoms with Crippen LogP contribution < -0.4 is 5.32 Å². The average molecular weight is 223 g/mol. The Hall–Kier alpha value is -1.03. The van der Waals surface area contributed by atoms with Crippen LogP contribution in [0.4, 0.5) is 5.95 Å². The van der Waals surface area contributed by atoms with Crippen LogP contribution in [0.5, 0.6) is 0 Å². The van der Waals surface area contributed by atoms with Crippen LogP contribution in [0.3, 0.4) is 0 Å². The first-order chi connectivity index (χ1) is 7.75. The van der Waals surface area contributed by atoms with Gasteiger partial charge in [-0.05, 0) is 18.8 Å². The first-order valence-electron chi connectivity index (χ1n) is 6.12. The molecule has 90 valence electrons. The zero-order chi connectivity index (χ0) is 11.4. The minimum Gasteiger partial charge on any atom is -0.381 e. The Labute approximate surface area is 96.8 Å². The highest BCUT2D eigenvalue weighted by atomic mass is 16.5. The molecule has 2 N–H and O–H groups in total. The summed E-state index contributed by atoms with van der Waals surface area (Å²) in [6.45, 7) is 7.09. The molecule has 0 saturated carbocycles. The summed E-state index contributed by atoms with van der Waals surface area (Å²) in [6, 6.07) is 0. The van der Waals surface area contributed by atoms with Crippen molar-refractivity contribution < 1.29 is 4.74 Å². The Morgan fingerprint density at radius 1 is 1.50 bits per heavy atom. The number of rotatable bonds is 4. The van der Waals surface area contributed by atoms with E-state index in [1.54, 1.807) is 0 Å². The molecule has 2 rings (SSSR count). The Morgan fingerprint density at radius 2 is 2.25 bits per heavy atom. The lowest BCUT2D eigenvalue weighted by molar-refractivity contribution is 0.0846. The fourth-order valence-electron chi connectivity index (χ4n) is 1.94. The van der Waals surface area contributed by atoms with Crippen molar-refractivity contribution in [3.63, 3.8) is 0 Å². The Kier molecular flexibility index (Phi) is 3.83. The average Bonchev–Trinajstić information content (AvgIpc) is 2.76. The molecule has 1 aliphatic rings. The molecule has 2 heterocycles. The van der Waals surface area contributed by atoms with Crippen LogP contribution >= 0.6 is 0 Å². The van der Waals surface area contributed by atoms with Crippen LogP contribution in [0.15, 0.2) is 6.20 Å². The van der Waals surface area contributed by atoms with Gasteiger partial charge in [0, 0.05) is 31.4 Å². The van der Waals surface area contributed by atoms with Crippen molar-refractivity contribution in [2.75, 3.05) is 25.1 Å². The number of hydrogen-bond donors (Lipinski definition) is 2. The second kappa shape index (κ2) is 5.34. The van der Waals surface area contributed by atoms with E-state index in [-0.39, 0.29) is 0 Å². The number of hydrogen-bond acceptors (Lipinski definition) is 3. The van der Waals surface area contributed by atoms with Crippen LogP contribution in [0.1, 0.15) is 38.3 Å². The largest absolute Gasteiger partial charge is 0.381 e. The quantitative estimate of drug-likeness (QED) is 0.824. The smallest absolute Gasteiger partial charge is 0.200 e. The number of aromatic nitrogens is 2. The van der Waals surface area contributed by atoms with Gasteiger partial charge in [0.2, 0.25) is 0 Å². The van der Waals surface area contributed by atoms with E-state index in [1.807, 2.05) is 6.20 Å². The molecule has 0 bridgehead atoms. The van der Waals surface area contributed by atoms with Crippen molar-refractivity contribution in [1.82, 2.24) is 9.97 Å². The molecule has 1 aliphatic heterocycles. The van der Waals surface area contributed by atoms with Gasteiger partial charge in [-0.15, -0.1) is 0 Å². The van der Waals surface area contributed by atoms with Gasteiger partial charge in [0.1, 0.15) is 0 Å². The van der Waals surface area contributed by atoms with E-state index in [9.17, 15) is 0 Å². The Bertz CT molecular complexity index is 316. The molecule has 4 heteroatoms. The molecular weight excluding hydrogens is 202 g/mol. The molecule has 4 nitrogen and oxygen atoms in total. The molecule has 0 radical (unpaired) electrons. The molecule has 1 aromatic rings. The molecule has 0 spiro atoms. The summed E-state index contributed by atoms with van der Waals surface area (Å²) >= 11 is 0. The van der Waals surface area contributed by atoms with Crippen molar-refractivity contribution in [2.45, 2.75) is 32.6 Å². The molecule has 0 aromatic carbocycles. The lowest BCUT2D eigenvalue weighted by Crippen LogP contribution is -2.14. The fourth-order valence-corrected chi connectivity index (χ4v) is 1.94. The molecule has 1 saturated heterocycles. The van der Waals surface area contributed by atoms with Gasteiger partial charge in [-0.25, -0.2) is 4.98 Å². The van der Waals surface area contributed by atoms with Crippen LogP contribution in [0, 0.1) is 5.92 Å². The zero-order valence-electron chi connectivity index (χ0n) is 10.1. The Balaban J connectivity index is 1.90. The molecule has 1 aromatic heterocycles. The lowest BCUT2D eigenvalue weighted by atomic mass is 9.97. The van der Waals surface area contributed by atoms with E-state index < -0.39 is 0 Å². The third kappa shape index (κ3) is 2.98.